The topological polar surface area (TPSA) is 76.4 Å². The predicted molar refractivity (Wildman–Crippen MR) is 76.5 cm³/mol. The molecule has 108 valence electrons. The van der Waals surface area contributed by atoms with Crippen LogP contribution in [0.2, 0.25) is 0 Å². The van der Waals surface area contributed by atoms with Gasteiger partial charge in [0.25, 0.3) is 9.05 Å². The predicted octanol–water partition coefficient (Wildman–Crippen LogP) is 2.82. The van der Waals surface area contributed by atoms with Gasteiger partial charge in [-0.25, -0.2) is 8.42 Å². The molecule has 0 saturated heterocycles. The zero-order valence-electron chi connectivity index (χ0n) is 10.6. The highest BCUT2D eigenvalue weighted by molar-refractivity contribution is 8.14. The number of benzene rings is 1. The molecule has 0 fully saturated rings. The molecule has 5 nitrogen and oxygen atoms in total. The smallest absolute Gasteiger partial charge is 0.303 e. The number of carboxylic acids is 1. The molecular weight excluding hydrogens is 302 g/mol. The summed E-state index contributed by atoms with van der Waals surface area (Å²) in [6.45, 7) is 0.556. The van der Waals surface area contributed by atoms with Gasteiger partial charge in [-0.15, -0.1) is 0 Å². The van der Waals surface area contributed by atoms with Crippen LogP contribution in [0, 0.1) is 0 Å². The lowest BCUT2D eigenvalue weighted by Gasteiger charge is -2.03. The molecule has 0 bridgehead atoms. The van der Waals surface area contributed by atoms with Crippen LogP contribution < -0.4 is 0 Å². The van der Waals surface area contributed by atoms with Crippen LogP contribution in [0.5, 0.6) is 0 Å². The van der Waals surface area contributed by atoms with Crippen LogP contribution in [0.1, 0.15) is 19.3 Å². The van der Waals surface area contributed by atoms with Crippen molar-refractivity contribution in [3.8, 4) is 0 Å². The molecule has 7 heteroatoms. The minimum absolute atomic E-state index is 0.0907. The third-order valence-electron chi connectivity index (χ3n) is 3.05. The normalized spacial score (nSPS) is 11.8. The maximum Gasteiger partial charge on any atom is 0.303 e. The molecule has 0 aliphatic rings. The number of halogens is 1. The molecule has 2 aromatic rings. The van der Waals surface area contributed by atoms with E-state index in [9.17, 15) is 13.2 Å². The number of aryl methyl sites for hydroxylation is 1. The summed E-state index contributed by atoms with van der Waals surface area (Å²) in [6.07, 6.45) is 2.82. The average molecular weight is 316 g/mol. The van der Waals surface area contributed by atoms with Crippen LogP contribution >= 0.6 is 10.7 Å². The van der Waals surface area contributed by atoms with E-state index in [1.165, 1.54) is 6.20 Å². The number of nitrogens with zero attached hydrogens (tertiary/aromatic N) is 1. The van der Waals surface area contributed by atoms with Gasteiger partial charge < -0.3 is 9.67 Å². The van der Waals surface area contributed by atoms with Crippen molar-refractivity contribution in [1.82, 2.24) is 4.57 Å². The van der Waals surface area contributed by atoms with E-state index < -0.39 is 15.0 Å². The minimum Gasteiger partial charge on any atom is -0.481 e. The molecule has 0 spiro atoms. The standard InChI is InChI=1S/C13H14ClNO4S/c14-20(18,19)12-9-15(8-4-3-7-13(16)17)11-6-2-1-5-10(11)12/h1-2,5-6,9H,3-4,7-8H2,(H,16,17). The number of rotatable bonds is 6. The maximum absolute atomic E-state index is 11.6. The Labute approximate surface area is 121 Å². The van der Waals surface area contributed by atoms with Crippen LogP contribution in [0.3, 0.4) is 0 Å². The van der Waals surface area contributed by atoms with Gasteiger partial charge in [0.1, 0.15) is 4.90 Å². The molecule has 0 aliphatic heterocycles. The summed E-state index contributed by atoms with van der Waals surface area (Å²) in [7, 11) is 1.64. The molecule has 1 N–H and O–H groups in total. The minimum atomic E-state index is -3.80. The molecule has 20 heavy (non-hydrogen) atoms. The van der Waals surface area contributed by atoms with Crippen molar-refractivity contribution in [1.29, 1.82) is 0 Å². The quantitative estimate of drug-likeness (QED) is 0.657. The molecule has 1 heterocycles. The molecule has 0 amide bonds. The summed E-state index contributed by atoms with van der Waals surface area (Å²) in [4.78, 5) is 10.5. The summed E-state index contributed by atoms with van der Waals surface area (Å²) >= 11 is 0. The van der Waals surface area contributed by atoms with Crippen LogP contribution in [0.15, 0.2) is 35.4 Å². The van der Waals surface area contributed by atoms with Crippen molar-refractivity contribution in [2.24, 2.45) is 0 Å². The largest absolute Gasteiger partial charge is 0.481 e. The monoisotopic (exact) mass is 315 g/mol. The first-order chi connectivity index (χ1) is 9.39. The van der Waals surface area contributed by atoms with Gasteiger partial charge in [-0.1, -0.05) is 18.2 Å². The molecule has 0 unspecified atom stereocenters. The molecule has 0 atom stereocenters. The number of hydrogen-bond donors (Lipinski definition) is 1. The number of aromatic nitrogens is 1. The fourth-order valence-electron chi connectivity index (χ4n) is 2.15. The molecule has 0 aliphatic carbocycles. The Morgan fingerprint density at radius 1 is 1.25 bits per heavy atom. The summed E-state index contributed by atoms with van der Waals surface area (Å²) < 4.78 is 24.9. The Bertz CT molecular complexity index is 736. The van der Waals surface area contributed by atoms with Gasteiger partial charge in [-0.3, -0.25) is 4.79 Å². The third kappa shape index (κ3) is 3.32. The fraction of sp³-hybridized carbons (Fsp3) is 0.308. The van der Waals surface area contributed by atoms with Crippen molar-refractivity contribution >= 4 is 36.6 Å². The van der Waals surface area contributed by atoms with Gasteiger partial charge in [-0.05, 0) is 18.9 Å². The number of carbonyl (C=O) groups is 1. The highest BCUT2D eigenvalue weighted by Gasteiger charge is 2.18. The van der Waals surface area contributed by atoms with Crippen LogP contribution in [-0.2, 0) is 20.4 Å². The van der Waals surface area contributed by atoms with Gasteiger partial charge in [0, 0.05) is 40.7 Å². The number of hydrogen-bond acceptors (Lipinski definition) is 3. The first-order valence-corrected chi connectivity index (χ1v) is 8.45. The zero-order valence-corrected chi connectivity index (χ0v) is 12.2. The van der Waals surface area contributed by atoms with Crippen molar-refractivity contribution in [3.63, 3.8) is 0 Å². The van der Waals surface area contributed by atoms with Gasteiger partial charge in [0.05, 0.1) is 0 Å². The molecule has 1 aromatic heterocycles. The first kappa shape index (κ1) is 14.9. The number of aliphatic carboxylic acids is 1. The summed E-state index contributed by atoms with van der Waals surface area (Å²) in [6, 6.07) is 7.10. The van der Waals surface area contributed by atoms with Crippen LogP contribution in [0.4, 0.5) is 0 Å². The third-order valence-corrected chi connectivity index (χ3v) is 4.40. The number of para-hydroxylation sites is 1. The molecule has 0 saturated carbocycles. The second-order valence-electron chi connectivity index (χ2n) is 4.49. The summed E-state index contributed by atoms with van der Waals surface area (Å²) in [5, 5.41) is 9.17. The lowest BCUT2D eigenvalue weighted by molar-refractivity contribution is -0.137. The van der Waals surface area contributed by atoms with Crippen molar-refractivity contribution < 1.29 is 18.3 Å². The van der Waals surface area contributed by atoms with Gasteiger partial charge in [0.15, 0.2) is 0 Å². The lowest BCUT2D eigenvalue weighted by Crippen LogP contribution is -1.99. The van der Waals surface area contributed by atoms with E-state index in [-0.39, 0.29) is 11.3 Å². The Morgan fingerprint density at radius 3 is 2.60 bits per heavy atom. The van der Waals surface area contributed by atoms with E-state index in [0.717, 1.165) is 5.52 Å². The molecule has 0 radical (unpaired) electrons. The van der Waals surface area contributed by atoms with Crippen LogP contribution in [-0.4, -0.2) is 24.1 Å². The maximum atomic E-state index is 11.6. The second kappa shape index (κ2) is 5.85. The Hall–Kier alpha value is -1.53. The van der Waals surface area contributed by atoms with Gasteiger partial charge in [0.2, 0.25) is 0 Å². The average Bonchev–Trinajstić information content (AvgIpc) is 2.73. The number of unbranched alkanes of at least 4 members (excludes halogenated alkanes) is 1. The first-order valence-electron chi connectivity index (χ1n) is 6.14. The lowest BCUT2D eigenvalue weighted by atomic mass is 10.2. The fourth-order valence-corrected chi connectivity index (χ4v) is 3.21. The summed E-state index contributed by atoms with van der Waals surface area (Å²) in [5.41, 5.74) is 0.780. The zero-order chi connectivity index (χ0) is 14.8. The van der Waals surface area contributed by atoms with Crippen LogP contribution in [0.25, 0.3) is 10.9 Å². The molecular formula is C13H14ClNO4S. The second-order valence-corrected chi connectivity index (χ2v) is 7.03. The van der Waals surface area contributed by atoms with E-state index in [1.54, 1.807) is 16.7 Å². The Kier molecular flexibility index (Phi) is 4.35. The highest BCUT2D eigenvalue weighted by atomic mass is 35.7. The van der Waals surface area contributed by atoms with Gasteiger partial charge >= 0.3 is 5.97 Å². The van der Waals surface area contributed by atoms with Gasteiger partial charge in [-0.2, -0.15) is 0 Å². The van der Waals surface area contributed by atoms with Crippen molar-refractivity contribution in [2.75, 3.05) is 0 Å². The molecule has 2 rings (SSSR count). The SMILES string of the molecule is O=C(O)CCCCn1cc(S(=O)(=O)Cl)c2ccccc21. The molecule has 1 aromatic carbocycles. The number of carboxylic acid groups (broad SMARTS) is 1. The number of fused-ring (bicyclic) bond motifs is 1. The van der Waals surface area contributed by atoms with E-state index >= 15 is 0 Å². The summed E-state index contributed by atoms with van der Waals surface area (Å²) in [5.74, 6) is -0.827. The van der Waals surface area contributed by atoms with E-state index in [2.05, 4.69) is 0 Å². The van der Waals surface area contributed by atoms with Crippen molar-refractivity contribution in [2.45, 2.75) is 30.7 Å². The highest BCUT2D eigenvalue weighted by Crippen LogP contribution is 2.28. The van der Waals surface area contributed by atoms with E-state index in [1.807, 2.05) is 12.1 Å². The Balaban J connectivity index is 2.28. The van der Waals surface area contributed by atoms with E-state index in [4.69, 9.17) is 15.8 Å². The van der Waals surface area contributed by atoms with E-state index in [0.29, 0.717) is 24.8 Å². The van der Waals surface area contributed by atoms with Crippen molar-refractivity contribution in [3.05, 3.63) is 30.5 Å². The Morgan fingerprint density at radius 2 is 1.95 bits per heavy atom.